The van der Waals surface area contributed by atoms with Gasteiger partial charge in [-0.15, -0.1) is 5.10 Å². The predicted octanol–water partition coefficient (Wildman–Crippen LogP) is 6.67. The van der Waals surface area contributed by atoms with Gasteiger partial charge in [-0.25, -0.2) is 14.1 Å². The van der Waals surface area contributed by atoms with Crippen LogP contribution in [0.2, 0.25) is 10.0 Å². The van der Waals surface area contributed by atoms with Gasteiger partial charge in [0.25, 0.3) is 5.91 Å². The molecule has 47 heavy (non-hydrogen) atoms. The molecule has 2 aliphatic heterocycles. The summed E-state index contributed by atoms with van der Waals surface area (Å²) in [5.41, 5.74) is 1.52. The number of hydrogen-bond acceptors (Lipinski definition) is 9. The number of halogens is 3. The lowest BCUT2D eigenvalue weighted by Crippen LogP contribution is -2.45. The smallest absolute Gasteiger partial charge is 0.273 e. The van der Waals surface area contributed by atoms with Crippen molar-refractivity contribution < 1.29 is 28.1 Å². The van der Waals surface area contributed by atoms with E-state index >= 15 is 0 Å². The summed E-state index contributed by atoms with van der Waals surface area (Å²) >= 11 is 13.6. The first kappa shape index (κ1) is 33.8. The summed E-state index contributed by atoms with van der Waals surface area (Å²) < 4.78 is 41.1. The minimum absolute atomic E-state index is 0.0250. The zero-order valence-electron chi connectivity index (χ0n) is 25.8. The van der Waals surface area contributed by atoms with Crippen LogP contribution in [0.15, 0.2) is 71.9 Å². The summed E-state index contributed by atoms with van der Waals surface area (Å²) in [7, 11) is 0. The van der Waals surface area contributed by atoms with E-state index < -0.39 is 29.8 Å². The van der Waals surface area contributed by atoms with Gasteiger partial charge in [0, 0.05) is 41.9 Å². The molecule has 0 aliphatic carbocycles. The van der Waals surface area contributed by atoms with Gasteiger partial charge in [-0.2, -0.15) is 0 Å². The third kappa shape index (κ3) is 8.14. The van der Waals surface area contributed by atoms with Crippen LogP contribution in [0.5, 0.6) is 0 Å². The molecular formula is C33H34Cl2FN5O5S. The van der Waals surface area contributed by atoms with E-state index in [1.54, 1.807) is 27.9 Å². The zero-order valence-corrected chi connectivity index (χ0v) is 28.1. The Bertz CT molecular complexity index is 1680. The summed E-state index contributed by atoms with van der Waals surface area (Å²) in [5.74, 6) is -0.711. The second kappa shape index (κ2) is 15.4. The molecule has 14 heteroatoms. The van der Waals surface area contributed by atoms with E-state index in [1.807, 2.05) is 44.2 Å². The van der Waals surface area contributed by atoms with Crippen molar-refractivity contribution in [2.75, 3.05) is 26.3 Å². The maximum atomic E-state index is 14.2. The van der Waals surface area contributed by atoms with E-state index in [4.69, 9.17) is 42.1 Å². The van der Waals surface area contributed by atoms with Crippen molar-refractivity contribution in [2.24, 2.45) is 0 Å². The quantitative estimate of drug-likeness (QED) is 0.118. The molecule has 2 aliphatic rings. The van der Waals surface area contributed by atoms with E-state index in [2.05, 4.69) is 15.3 Å². The molecule has 6 rings (SSSR count). The van der Waals surface area contributed by atoms with Crippen LogP contribution >= 0.6 is 35.0 Å². The Morgan fingerprint density at radius 2 is 1.98 bits per heavy atom. The number of nitrogens with zero attached hydrogens (tertiary/aromatic N) is 5. The van der Waals surface area contributed by atoms with Gasteiger partial charge in [-0.05, 0) is 38.5 Å². The fourth-order valence-corrected chi connectivity index (χ4v) is 6.75. The number of amides is 1. The molecular weight excluding hydrogens is 668 g/mol. The van der Waals surface area contributed by atoms with Crippen LogP contribution in [-0.2, 0) is 25.5 Å². The molecule has 248 valence electrons. The van der Waals surface area contributed by atoms with Gasteiger partial charge >= 0.3 is 0 Å². The van der Waals surface area contributed by atoms with E-state index in [-0.39, 0.29) is 30.2 Å². The van der Waals surface area contributed by atoms with Crippen molar-refractivity contribution in [1.29, 1.82) is 0 Å². The van der Waals surface area contributed by atoms with Crippen LogP contribution < -0.4 is 0 Å². The van der Waals surface area contributed by atoms with Crippen LogP contribution in [0.1, 0.15) is 42.6 Å². The predicted molar refractivity (Wildman–Crippen MR) is 176 cm³/mol. The molecule has 0 N–H and O–H groups in total. The van der Waals surface area contributed by atoms with Gasteiger partial charge in [0.15, 0.2) is 6.29 Å². The van der Waals surface area contributed by atoms with Crippen LogP contribution in [0.25, 0.3) is 11.3 Å². The average molecular weight is 703 g/mol. The topological polar surface area (TPSA) is 101 Å². The van der Waals surface area contributed by atoms with Gasteiger partial charge in [0.05, 0.1) is 35.5 Å². The van der Waals surface area contributed by atoms with E-state index in [0.717, 1.165) is 12.0 Å². The number of benzene rings is 2. The first-order chi connectivity index (χ1) is 22.8. The van der Waals surface area contributed by atoms with Crippen LogP contribution in [0.4, 0.5) is 4.39 Å². The number of carbonyl (C=O) groups excluding carboxylic acids is 1. The average Bonchev–Trinajstić information content (AvgIpc) is 3.51. The van der Waals surface area contributed by atoms with Crippen molar-refractivity contribution >= 4 is 40.9 Å². The highest BCUT2D eigenvalue weighted by Gasteiger charge is 2.37. The number of rotatable bonds is 12. The summed E-state index contributed by atoms with van der Waals surface area (Å²) in [6, 6.07) is 15.9. The Morgan fingerprint density at radius 1 is 1.17 bits per heavy atom. The number of ether oxygens (including phenoxy) is 4. The Hall–Kier alpha value is -3.10. The lowest BCUT2D eigenvalue weighted by molar-refractivity contribution is -0.267. The Balaban J connectivity index is 1.27. The van der Waals surface area contributed by atoms with E-state index in [9.17, 15) is 9.18 Å². The molecule has 0 saturated carbocycles. The highest BCUT2D eigenvalue weighted by atomic mass is 35.5. The van der Waals surface area contributed by atoms with Crippen LogP contribution in [0, 0.1) is 5.82 Å². The summed E-state index contributed by atoms with van der Waals surface area (Å²) in [6.07, 6.45) is 2.20. The lowest BCUT2D eigenvalue weighted by atomic mass is 10.1. The zero-order chi connectivity index (χ0) is 32.9. The van der Waals surface area contributed by atoms with Crippen molar-refractivity contribution in [3.8, 4) is 11.3 Å². The number of aromatic nitrogens is 4. The highest BCUT2D eigenvalue weighted by Crippen LogP contribution is 2.36. The molecule has 4 heterocycles. The molecule has 0 radical (unpaired) electrons. The normalized spacial score (nSPS) is 20.9. The monoisotopic (exact) mass is 701 g/mol. The first-order valence-electron chi connectivity index (χ1n) is 15.3. The number of likely N-dealkylation sites (tertiary alicyclic amines) is 1. The van der Waals surface area contributed by atoms with Crippen molar-refractivity contribution in [1.82, 2.24) is 24.9 Å². The molecule has 0 spiro atoms. The lowest BCUT2D eigenvalue weighted by Gasteiger charge is -2.38. The Kier molecular flexibility index (Phi) is 11.1. The molecule has 10 nitrogen and oxygen atoms in total. The minimum Gasteiger partial charge on any atom is -0.373 e. The molecule has 3 unspecified atom stereocenters. The molecule has 0 bridgehead atoms. The third-order valence-electron chi connectivity index (χ3n) is 7.87. The Labute approximate surface area is 286 Å². The summed E-state index contributed by atoms with van der Waals surface area (Å²) in [4.78, 5) is 20.1. The first-order valence-corrected chi connectivity index (χ1v) is 17.0. The number of hydrogen-bond donors (Lipinski definition) is 0. The largest absolute Gasteiger partial charge is 0.373 e. The molecule has 1 amide bonds. The second-order valence-electron chi connectivity index (χ2n) is 11.2. The van der Waals surface area contributed by atoms with Crippen molar-refractivity contribution in [3.05, 3.63) is 94.1 Å². The van der Waals surface area contributed by atoms with Gasteiger partial charge in [-0.3, -0.25) is 4.79 Å². The van der Waals surface area contributed by atoms with Gasteiger partial charge in [0.2, 0.25) is 0 Å². The highest BCUT2D eigenvalue weighted by molar-refractivity contribution is 8.00. The van der Waals surface area contributed by atoms with E-state index in [1.165, 1.54) is 30.1 Å². The number of thioether (sulfide) groups is 1. The van der Waals surface area contributed by atoms with Gasteiger partial charge < -0.3 is 23.8 Å². The van der Waals surface area contributed by atoms with Gasteiger partial charge in [0.1, 0.15) is 34.8 Å². The number of carbonyl (C=O) groups is 1. The molecule has 2 aromatic heterocycles. The van der Waals surface area contributed by atoms with Crippen LogP contribution in [-0.4, -0.2) is 80.8 Å². The molecule has 5 atom stereocenters. The molecule has 2 saturated heterocycles. The fourth-order valence-electron chi connectivity index (χ4n) is 5.19. The summed E-state index contributed by atoms with van der Waals surface area (Å²) in [6.45, 7) is 6.04. The maximum Gasteiger partial charge on any atom is 0.273 e. The van der Waals surface area contributed by atoms with Crippen LogP contribution in [0.3, 0.4) is 0 Å². The number of pyridine rings is 1. The molecule has 4 aromatic rings. The fraction of sp³-hybridized carbons (Fsp3) is 0.394. The second-order valence-corrected chi connectivity index (χ2v) is 13.2. The van der Waals surface area contributed by atoms with Crippen molar-refractivity contribution in [2.45, 2.75) is 61.7 Å². The van der Waals surface area contributed by atoms with Gasteiger partial charge in [-0.1, -0.05) is 76.6 Å². The Morgan fingerprint density at radius 3 is 2.68 bits per heavy atom. The SMILES string of the molecule is CCO[C@@H](Cn1cc(-c2ccc(Cl)c(F)c2)nn1)C(OC1COC(c2ccccc2)O[C@@H]1C)Sc1cc(Cl)cnc1C(=O)N1CCC1. The molecule has 2 aromatic carbocycles. The maximum absolute atomic E-state index is 14.2. The standard InChI is InChI=1S/C33H34Cl2FN5O5S/c1-3-43-27(18-41-17-26(38-39-41)22-10-11-24(35)25(36)14-22)33(46-28-19-44-32(45-20(28)2)21-8-5-4-6-9-21)47-29-15-23(34)16-37-30(29)31(42)40-12-7-13-40/h4-6,8-11,14-17,20,27-28,32-33H,3,7,12-13,18-19H2,1-2H3/t20-,27+,28?,32?,33?/m1/s1. The van der Waals surface area contributed by atoms with E-state index in [0.29, 0.717) is 46.6 Å². The summed E-state index contributed by atoms with van der Waals surface area (Å²) in [5, 5.41) is 8.94. The third-order valence-corrected chi connectivity index (χ3v) is 9.59. The molecule has 2 fully saturated rings. The minimum atomic E-state index is -0.688. The van der Waals surface area contributed by atoms with Crippen molar-refractivity contribution in [3.63, 3.8) is 0 Å².